The predicted molar refractivity (Wildman–Crippen MR) is 216 cm³/mol. The highest BCUT2D eigenvalue weighted by Gasteiger charge is 2.39. The molecule has 2 aliphatic rings. The van der Waals surface area contributed by atoms with Crippen LogP contribution in [-0.2, 0) is 37.0 Å². The number of benzene rings is 2. The third kappa shape index (κ3) is 16.6. The molecule has 4 rings (SSSR count). The second kappa shape index (κ2) is 20.8. The Kier molecular flexibility index (Phi) is 17.9. The van der Waals surface area contributed by atoms with Crippen molar-refractivity contribution in [3.05, 3.63) is 71.8 Å². The molecule has 0 N–H and O–H groups in total. The first-order valence-corrected chi connectivity index (χ1v) is 20.4. The minimum atomic E-state index is -0.524. The van der Waals surface area contributed by atoms with Gasteiger partial charge in [0.05, 0.1) is 6.42 Å². The molecule has 53 heavy (non-hydrogen) atoms. The Bertz CT molecular complexity index is 1430. The molecule has 2 aliphatic heterocycles. The molecule has 296 valence electrons. The van der Waals surface area contributed by atoms with Crippen LogP contribution in [0.25, 0.3) is 0 Å². The van der Waals surface area contributed by atoms with Crippen molar-refractivity contribution in [1.29, 1.82) is 0 Å². The Morgan fingerprint density at radius 3 is 1.42 bits per heavy atom. The van der Waals surface area contributed by atoms with Crippen molar-refractivity contribution < 1.29 is 38.1 Å². The number of piperidine rings is 2. The number of ether oxygens (including phenoxy) is 4. The molecule has 0 spiro atoms. The Balaban J connectivity index is 0.000000351. The van der Waals surface area contributed by atoms with Gasteiger partial charge < -0.3 is 33.6 Å². The number of halogens is 1. The minimum absolute atomic E-state index is 0.126. The molecule has 0 atom stereocenters. The molecular formula is C41H62IN3O8. The average Bonchev–Trinajstić information content (AvgIpc) is 3.10. The van der Waals surface area contributed by atoms with Crippen molar-refractivity contribution in [1.82, 2.24) is 14.7 Å². The van der Waals surface area contributed by atoms with Crippen LogP contribution in [0.4, 0.5) is 14.4 Å². The van der Waals surface area contributed by atoms with Crippen LogP contribution in [0.1, 0.15) is 98.6 Å². The lowest BCUT2D eigenvalue weighted by Crippen LogP contribution is -2.55. The summed E-state index contributed by atoms with van der Waals surface area (Å²) in [4.78, 5) is 55.9. The van der Waals surface area contributed by atoms with Crippen LogP contribution in [0.15, 0.2) is 60.7 Å². The van der Waals surface area contributed by atoms with Crippen LogP contribution >= 0.6 is 22.6 Å². The quantitative estimate of drug-likeness (QED) is 0.117. The summed E-state index contributed by atoms with van der Waals surface area (Å²) in [5, 5.41) is 0. The highest BCUT2D eigenvalue weighted by atomic mass is 127. The monoisotopic (exact) mass is 851 g/mol. The number of hydrogen-bond acceptors (Lipinski definition) is 8. The van der Waals surface area contributed by atoms with E-state index < -0.39 is 11.2 Å². The maximum absolute atomic E-state index is 12.3. The summed E-state index contributed by atoms with van der Waals surface area (Å²) >= 11 is 2.15. The van der Waals surface area contributed by atoms with E-state index in [2.05, 4.69) is 29.5 Å². The van der Waals surface area contributed by atoms with Gasteiger partial charge in [0.2, 0.25) is 0 Å². The summed E-state index contributed by atoms with van der Waals surface area (Å²) < 4.78 is 21.7. The highest BCUT2D eigenvalue weighted by Crippen LogP contribution is 2.35. The van der Waals surface area contributed by atoms with E-state index in [4.69, 9.17) is 18.9 Å². The molecule has 0 aromatic heterocycles. The maximum atomic E-state index is 12.3. The first kappa shape index (κ1) is 45.6. The van der Waals surface area contributed by atoms with E-state index >= 15 is 0 Å². The topological polar surface area (TPSA) is 115 Å². The number of hydrogen-bond donors (Lipinski definition) is 0. The molecular weight excluding hydrogens is 789 g/mol. The first-order chi connectivity index (χ1) is 24.8. The Morgan fingerprint density at radius 1 is 0.660 bits per heavy atom. The molecule has 0 aliphatic carbocycles. The predicted octanol–water partition coefficient (Wildman–Crippen LogP) is 9.25. The van der Waals surface area contributed by atoms with E-state index in [9.17, 15) is 19.2 Å². The van der Waals surface area contributed by atoms with Crippen molar-refractivity contribution in [2.45, 2.75) is 117 Å². The van der Waals surface area contributed by atoms with Gasteiger partial charge in [-0.15, -0.1) is 0 Å². The Hall–Kier alpha value is -3.55. The fraction of sp³-hybridized carbons (Fsp3) is 0.610. The SMILES string of the molecule is CC1(CC(=O)OC(C)(C)C)CCN(C(=O)OCc2ccccc2)CC1.CI.CN(C(=O)OC(C)(C)C)C1(C)CCN(C(=O)OCc2ccccc2)CC1. The smallest absolute Gasteiger partial charge is 0.410 e. The van der Waals surface area contributed by atoms with Crippen LogP contribution in [0, 0.1) is 5.41 Å². The fourth-order valence-corrected chi connectivity index (χ4v) is 5.81. The van der Waals surface area contributed by atoms with Crippen LogP contribution in [0.2, 0.25) is 0 Å². The molecule has 0 unspecified atom stereocenters. The summed E-state index contributed by atoms with van der Waals surface area (Å²) in [5.41, 5.74) is 0.492. The van der Waals surface area contributed by atoms with Crippen molar-refractivity contribution >= 4 is 46.8 Å². The van der Waals surface area contributed by atoms with Crippen molar-refractivity contribution in [3.8, 4) is 0 Å². The molecule has 0 bridgehead atoms. The van der Waals surface area contributed by atoms with Crippen LogP contribution in [0.5, 0.6) is 0 Å². The van der Waals surface area contributed by atoms with Crippen molar-refractivity contribution in [2.75, 3.05) is 38.2 Å². The summed E-state index contributed by atoms with van der Waals surface area (Å²) in [6, 6.07) is 19.3. The highest BCUT2D eigenvalue weighted by molar-refractivity contribution is 14.1. The summed E-state index contributed by atoms with van der Waals surface area (Å²) in [5.74, 6) is -0.171. The van der Waals surface area contributed by atoms with Gasteiger partial charge in [-0.25, -0.2) is 14.4 Å². The number of carbonyl (C=O) groups excluding carboxylic acids is 4. The molecule has 2 saturated heterocycles. The summed E-state index contributed by atoms with van der Waals surface area (Å²) in [6.45, 7) is 18.2. The number of likely N-dealkylation sites (tertiary alicyclic amines) is 2. The number of esters is 1. The molecule has 12 heteroatoms. The molecule has 2 heterocycles. The van der Waals surface area contributed by atoms with Gasteiger partial charge in [0, 0.05) is 38.8 Å². The van der Waals surface area contributed by atoms with Gasteiger partial charge in [-0.2, -0.15) is 0 Å². The molecule has 0 radical (unpaired) electrons. The van der Waals surface area contributed by atoms with E-state index in [-0.39, 0.29) is 48.4 Å². The lowest BCUT2D eigenvalue weighted by Gasteiger charge is -2.44. The van der Waals surface area contributed by atoms with E-state index in [1.807, 2.05) is 114 Å². The van der Waals surface area contributed by atoms with Crippen molar-refractivity contribution in [3.63, 3.8) is 0 Å². The third-order valence-electron chi connectivity index (χ3n) is 9.21. The van der Waals surface area contributed by atoms with E-state index in [1.165, 1.54) is 0 Å². The number of alkyl halides is 1. The van der Waals surface area contributed by atoms with Gasteiger partial charge in [-0.1, -0.05) is 90.2 Å². The molecule has 0 saturated carbocycles. The van der Waals surface area contributed by atoms with Gasteiger partial charge in [0.1, 0.15) is 24.4 Å². The zero-order valence-corrected chi connectivity index (χ0v) is 35.7. The second-order valence-corrected chi connectivity index (χ2v) is 16.2. The van der Waals surface area contributed by atoms with E-state index in [0.717, 1.165) is 24.0 Å². The lowest BCUT2D eigenvalue weighted by atomic mass is 9.77. The van der Waals surface area contributed by atoms with Crippen LogP contribution in [-0.4, -0.2) is 93.8 Å². The van der Waals surface area contributed by atoms with E-state index in [1.54, 1.807) is 21.7 Å². The van der Waals surface area contributed by atoms with Crippen molar-refractivity contribution in [2.24, 2.45) is 5.41 Å². The zero-order valence-electron chi connectivity index (χ0n) is 33.5. The third-order valence-corrected chi connectivity index (χ3v) is 9.21. The zero-order chi connectivity index (χ0) is 39.9. The molecule has 3 amide bonds. The van der Waals surface area contributed by atoms with Crippen LogP contribution < -0.4 is 0 Å². The fourth-order valence-electron chi connectivity index (χ4n) is 5.81. The standard InChI is InChI=1S/C20H30N2O4.C20H29NO4.CH3I/c1-19(2,3)26-17(23)21(5)20(4)11-13-22(14-12-20)18(24)25-15-16-9-7-6-8-10-16;1-19(2,3)25-17(22)14-20(4)10-12-21(13-11-20)18(23)24-15-16-8-6-5-7-9-16;1-2/h6-10H,11-15H2,1-5H3;5-9H,10-15H2,1-4H3;1H3. The van der Waals surface area contributed by atoms with Gasteiger partial charge in [-0.3, -0.25) is 4.79 Å². The van der Waals surface area contributed by atoms with Gasteiger partial charge in [0.15, 0.2) is 0 Å². The Labute approximate surface area is 331 Å². The largest absolute Gasteiger partial charge is 0.460 e. The number of rotatable bonds is 7. The molecule has 2 aromatic rings. The second-order valence-electron chi connectivity index (χ2n) is 16.2. The van der Waals surface area contributed by atoms with Gasteiger partial charge >= 0.3 is 24.2 Å². The van der Waals surface area contributed by atoms with Gasteiger partial charge in [-0.05, 0) is 95.6 Å². The summed E-state index contributed by atoms with van der Waals surface area (Å²) in [7, 11) is 1.76. The number of carbonyl (C=O) groups is 4. The number of nitrogens with zero attached hydrogens (tertiary/aromatic N) is 3. The molecule has 2 fully saturated rings. The molecule has 11 nitrogen and oxygen atoms in total. The normalized spacial score (nSPS) is 16.4. The summed E-state index contributed by atoms with van der Waals surface area (Å²) in [6.07, 6.45) is 2.36. The van der Waals surface area contributed by atoms with E-state index in [0.29, 0.717) is 45.4 Å². The maximum Gasteiger partial charge on any atom is 0.410 e. The first-order valence-electron chi connectivity index (χ1n) is 18.3. The average molecular weight is 852 g/mol. The van der Waals surface area contributed by atoms with Gasteiger partial charge in [0.25, 0.3) is 0 Å². The Morgan fingerprint density at radius 2 is 1.04 bits per heavy atom. The lowest BCUT2D eigenvalue weighted by molar-refractivity contribution is -0.158. The number of amides is 3. The van der Waals surface area contributed by atoms with Crippen LogP contribution in [0.3, 0.4) is 0 Å². The molecule has 2 aromatic carbocycles. The minimum Gasteiger partial charge on any atom is -0.460 e.